The number of rotatable bonds is 10. The maximum atomic E-state index is 12.5. The van der Waals surface area contributed by atoms with Crippen LogP contribution in [0.4, 0.5) is 5.82 Å². The van der Waals surface area contributed by atoms with E-state index in [2.05, 4.69) is 26.1 Å². The van der Waals surface area contributed by atoms with Gasteiger partial charge in [-0.05, 0) is 38.2 Å². The number of esters is 1. The Bertz CT molecular complexity index is 1150. The number of hydrogen-bond donors (Lipinski definition) is 4. The van der Waals surface area contributed by atoms with Gasteiger partial charge >= 0.3 is 5.97 Å². The lowest BCUT2D eigenvalue weighted by Gasteiger charge is -2.25. The van der Waals surface area contributed by atoms with E-state index < -0.39 is 5.97 Å². The number of ether oxygens (including phenoxy) is 1. The van der Waals surface area contributed by atoms with E-state index in [1.54, 1.807) is 6.07 Å². The van der Waals surface area contributed by atoms with Gasteiger partial charge in [-0.2, -0.15) is 5.10 Å². The number of aliphatic imine (C=N–C) groups is 1. The molecule has 1 aromatic heterocycles. The van der Waals surface area contributed by atoms with Gasteiger partial charge in [-0.1, -0.05) is 56.7 Å². The van der Waals surface area contributed by atoms with E-state index in [1.165, 1.54) is 25.7 Å². The number of benzene rings is 1. The van der Waals surface area contributed by atoms with Crippen molar-refractivity contribution in [2.45, 2.75) is 95.6 Å². The molecule has 1 amide bonds. The van der Waals surface area contributed by atoms with Crippen LogP contribution in [0.2, 0.25) is 0 Å². The normalized spacial score (nSPS) is 17.2. The van der Waals surface area contributed by atoms with Crippen molar-refractivity contribution >= 4 is 34.5 Å². The largest absolute Gasteiger partial charge is 0.393 e. The zero-order chi connectivity index (χ0) is 26.6. The molecule has 10 nitrogen and oxygen atoms in total. The first-order chi connectivity index (χ1) is 18.6. The number of hydrogen-bond acceptors (Lipinski definition) is 7. The fraction of sp³-hybridized carbons (Fsp3) is 0.607. The van der Waals surface area contributed by atoms with Crippen LogP contribution in [0.25, 0.3) is 10.8 Å². The third-order valence-corrected chi connectivity index (χ3v) is 7.24. The lowest BCUT2D eigenvalue weighted by molar-refractivity contribution is -0.137. The summed E-state index contributed by atoms with van der Waals surface area (Å²) in [6, 6.07) is 8.09. The molecular weight excluding hydrogens is 484 g/mol. The van der Waals surface area contributed by atoms with E-state index in [9.17, 15) is 14.4 Å². The van der Waals surface area contributed by atoms with Crippen molar-refractivity contribution in [3.8, 4) is 0 Å². The van der Waals surface area contributed by atoms with Crippen LogP contribution in [0.3, 0.4) is 0 Å². The predicted molar refractivity (Wildman–Crippen MR) is 148 cm³/mol. The second kappa shape index (κ2) is 14.5. The van der Waals surface area contributed by atoms with Crippen LogP contribution in [-0.4, -0.2) is 53.3 Å². The Morgan fingerprint density at radius 3 is 2.42 bits per heavy atom. The van der Waals surface area contributed by atoms with E-state index in [-0.39, 0.29) is 30.3 Å². The average molecular weight is 525 g/mol. The molecule has 2 aliphatic carbocycles. The second-order valence-electron chi connectivity index (χ2n) is 10.3. The molecule has 0 aliphatic heterocycles. The standard InChI is InChI=1S/C28H40N6O4/c35-24(29-18-9-19-30-26-22-14-7-8-15-23(22)27(37)34-33-26)16-17-25(36)38-28(31-20-10-3-1-4-11-20)32-21-12-5-2-6-13-21/h7-8,14-15,20-21H,1-6,9-13,16-19H2,(H,29,35)(H,30,33)(H,31,32)(H,34,37). The van der Waals surface area contributed by atoms with Gasteiger partial charge in [0.2, 0.25) is 5.91 Å². The minimum atomic E-state index is -0.435. The molecule has 2 fully saturated rings. The molecule has 1 aromatic carbocycles. The van der Waals surface area contributed by atoms with Crippen LogP contribution in [0.1, 0.15) is 83.5 Å². The maximum absolute atomic E-state index is 12.5. The number of fused-ring (bicyclic) bond motifs is 1. The van der Waals surface area contributed by atoms with Gasteiger partial charge in [-0.25, -0.2) is 10.1 Å². The SMILES string of the molecule is O=C(CCC(=O)O/C(=N\C1CCCCC1)NC1CCCCC1)NCCCNc1n[nH]c(=O)c2ccccc12. The minimum absolute atomic E-state index is 0.00735. The topological polar surface area (TPSA) is 138 Å². The van der Waals surface area contributed by atoms with Crippen LogP contribution >= 0.6 is 0 Å². The quantitative estimate of drug-likeness (QED) is 0.161. The molecule has 38 heavy (non-hydrogen) atoms. The first-order valence-electron chi connectivity index (χ1n) is 14.1. The fourth-order valence-corrected chi connectivity index (χ4v) is 5.13. The number of amidine groups is 1. The Kier molecular flexibility index (Phi) is 10.5. The molecule has 4 rings (SSSR count). The van der Waals surface area contributed by atoms with Crippen LogP contribution in [0, 0.1) is 0 Å². The summed E-state index contributed by atoms with van der Waals surface area (Å²) in [7, 11) is 0. The number of H-pyrrole nitrogens is 1. The van der Waals surface area contributed by atoms with Crippen molar-refractivity contribution in [2.24, 2.45) is 4.99 Å². The van der Waals surface area contributed by atoms with Crippen LogP contribution in [-0.2, 0) is 14.3 Å². The predicted octanol–water partition coefficient (Wildman–Crippen LogP) is 3.78. The van der Waals surface area contributed by atoms with E-state index in [0.717, 1.165) is 43.9 Å². The summed E-state index contributed by atoms with van der Waals surface area (Å²) in [6.45, 7) is 1.03. The highest BCUT2D eigenvalue weighted by atomic mass is 16.6. The van der Waals surface area contributed by atoms with Crippen molar-refractivity contribution in [2.75, 3.05) is 18.4 Å². The number of aromatic amines is 1. The van der Waals surface area contributed by atoms with Gasteiger partial charge in [-0.15, -0.1) is 0 Å². The summed E-state index contributed by atoms with van der Waals surface area (Å²) < 4.78 is 5.62. The number of aromatic nitrogens is 2. The average Bonchev–Trinajstić information content (AvgIpc) is 2.94. The number of nitrogens with one attached hydrogen (secondary N) is 4. The molecular formula is C28H40N6O4. The van der Waals surface area contributed by atoms with Gasteiger partial charge in [-0.3, -0.25) is 14.4 Å². The first-order valence-corrected chi connectivity index (χ1v) is 14.1. The summed E-state index contributed by atoms with van der Waals surface area (Å²) in [5.74, 6) is -0.0295. The third-order valence-electron chi connectivity index (χ3n) is 7.24. The van der Waals surface area contributed by atoms with Gasteiger partial charge < -0.3 is 20.7 Å². The number of carbonyl (C=O) groups excluding carboxylic acids is 2. The van der Waals surface area contributed by atoms with Gasteiger partial charge in [0.25, 0.3) is 11.6 Å². The van der Waals surface area contributed by atoms with Crippen LogP contribution in [0.15, 0.2) is 34.1 Å². The van der Waals surface area contributed by atoms with Gasteiger partial charge in [0.05, 0.1) is 17.8 Å². The van der Waals surface area contributed by atoms with Crippen molar-refractivity contribution in [1.82, 2.24) is 20.8 Å². The summed E-state index contributed by atoms with van der Waals surface area (Å²) in [6.07, 6.45) is 12.1. The summed E-state index contributed by atoms with van der Waals surface area (Å²) in [5.41, 5.74) is -0.228. The zero-order valence-electron chi connectivity index (χ0n) is 22.1. The van der Waals surface area contributed by atoms with E-state index >= 15 is 0 Å². The smallest absolute Gasteiger partial charge is 0.314 e. The Morgan fingerprint density at radius 1 is 0.947 bits per heavy atom. The number of carbonyl (C=O) groups is 2. The Morgan fingerprint density at radius 2 is 1.66 bits per heavy atom. The lowest BCUT2D eigenvalue weighted by atomic mass is 9.95. The monoisotopic (exact) mass is 524 g/mol. The second-order valence-corrected chi connectivity index (χ2v) is 10.3. The fourth-order valence-electron chi connectivity index (χ4n) is 5.13. The molecule has 0 saturated heterocycles. The van der Waals surface area contributed by atoms with Crippen molar-refractivity contribution in [3.05, 3.63) is 34.6 Å². The van der Waals surface area contributed by atoms with Crippen LogP contribution < -0.4 is 21.5 Å². The van der Waals surface area contributed by atoms with Crippen LogP contribution in [0.5, 0.6) is 0 Å². The Hall–Kier alpha value is -3.43. The van der Waals surface area contributed by atoms with Gasteiger partial charge in [0, 0.05) is 30.9 Å². The molecule has 4 N–H and O–H groups in total. The molecule has 1 heterocycles. The van der Waals surface area contributed by atoms with E-state index in [4.69, 9.17) is 9.73 Å². The highest BCUT2D eigenvalue weighted by Gasteiger charge is 2.20. The molecule has 0 unspecified atom stereocenters. The summed E-state index contributed by atoms with van der Waals surface area (Å²) in [5, 5.41) is 17.3. The lowest BCUT2D eigenvalue weighted by Crippen LogP contribution is -2.39. The molecule has 206 valence electrons. The Labute approximate surface area is 223 Å². The summed E-state index contributed by atoms with van der Waals surface area (Å²) in [4.78, 5) is 41.5. The number of amides is 1. The number of anilines is 1. The van der Waals surface area contributed by atoms with Crippen molar-refractivity contribution in [1.29, 1.82) is 0 Å². The molecule has 0 radical (unpaired) electrons. The molecule has 0 spiro atoms. The molecule has 0 bridgehead atoms. The molecule has 2 saturated carbocycles. The molecule has 2 aliphatic rings. The summed E-state index contributed by atoms with van der Waals surface area (Å²) >= 11 is 0. The highest BCUT2D eigenvalue weighted by Crippen LogP contribution is 2.22. The van der Waals surface area contributed by atoms with Crippen molar-refractivity contribution < 1.29 is 14.3 Å². The van der Waals surface area contributed by atoms with E-state index in [0.29, 0.717) is 42.8 Å². The Balaban J connectivity index is 1.17. The highest BCUT2D eigenvalue weighted by molar-refractivity contribution is 5.91. The first kappa shape index (κ1) is 27.6. The third kappa shape index (κ3) is 8.56. The minimum Gasteiger partial charge on any atom is -0.393 e. The molecule has 10 heteroatoms. The number of nitrogens with zero attached hydrogens (tertiary/aromatic N) is 2. The molecule has 2 aromatic rings. The van der Waals surface area contributed by atoms with Gasteiger partial charge in [0.1, 0.15) is 0 Å². The van der Waals surface area contributed by atoms with Gasteiger partial charge in [0.15, 0.2) is 5.82 Å². The maximum Gasteiger partial charge on any atom is 0.314 e. The van der Waals surface area contributed by atoms with Crippen molar-refractivity contribution in [3.63, 3.8) is 0 Å². The zero-order valence-corrected chi connectivity index (χ0v) is 22.1. The van der Waals surface area contributed by atoms with E-state index in [1.807, 2.05) is 18.2 Å². The molecule has 0 atom stereocenters.